The standard InChI is InChI=1S/C34H42F3N7O2S/c1-32(2,34(35,36)37)23-46-28-17-20-44(41-28)31-30-25-14-9-8-13-24(25)12-7-5-6-10-19-43(21-18-33(3,4)45)27-15-11-16-29(40-27)47-42-26(39-30)22-38-31/h8-9,11,13-17,20,22,45H,5-7,10,12,18-19,21,23H2,1-4H3,(H,39,42). The summed E-state index contributed by atoms with van der Waals surface area (Å²) in [4.78, 5) is 16.8. The van der Waals surface area contributed by atoms with Gasteiger partial charge in [-0.1, -0.05) is 43.2 Å². The number of aromatic nitrogens is 5. The molecular weight excluding hydrogens is 627 g/mol. The summed E-state index contributed by atoms with van der Waals surface area (Å²) >= 11 is 1.32. The van der Waals surface area contributed by atoms with Crippen molar-refractivity contribution in [2.75, 3.05) is 29.3 Å². The molecule has 47 heavy (non-hydrogen) atoms. The molecular formula is C34H42F3N7O2S. The molecule has 0 aliphatic carbocycles. The van der Waals surface area contributed by atoms with Gasteiger partial charge in [0.25, 0.3) is 0 Å². The van der Waals surface area contributed by atoms with Crippen molar-refractivity contribution < 1.29 is 23.0 Å². The van der Waals surface area contributed by atoms with Gasteiger partial charge in [0.05, 0.1) is 17.2 Å². The molecule has 2 N–H and O–H groups in total. The predicted octanol–water partition coefficient (Wildman–Crippen LogP) is 7.89. The van der Waals surface area contributed by atoms with Gasteiger partial charge in [-0.15, -0.1) is 5.10 Å². The Kier molecular flexibility index (Phi) is 10.6. The Hall–Kier alpha value is -3.84. The van der Waals surface area contributed by atoms with E-state index in [1.807, 2.05) is 50.2 Å². The fraction of sp³-hybridized carbons (Fsp3) is 0.471. The molecule has 0 atom stereocenters. The molecule has 1 aliphatic heterocycles. The van der Waals surface area contributed by atoms with E-state index in [4.69, 9.17) is 19.7 Å². The Bertz CT molecular complexity index is 1640. The molecule has 3 aromatic heterocycles. The van der Waals surface area contributed by atoms with Gasteiger partial charge in [-0.3, -0.25) is 0 Å². The molecule has 4 bridgehead atoms. The van der Waals surface area contributed by atoms with Crippen LogP contribution in [0.2, 0.25) is 0 Å². The highest BCUT2D eigenvalue weighted by atomic mass is 32.2. The highest BCUT2D eigenvalue weighted by Gasteiger charge is 2.48. The summed E-state index contributed by atoms with van der Waals surface area (Å²) in [5, 5.41) is 15.5. The number of hydrogen-bond donors (Lipinski definition) is 2. The molecule has 4 aromatic rings. The minimum Gasteiger partial charge on any atom is -0.476 e. The Labute approximate surface area is 278 Å². The number of rotatable bonds is 7. The number of ether oxygens (including phenoxy) is 1. The van der Waals surface area contributed by atoms with Crippen LogP contribution in [-0.4, -0.2) is 61.3 Å². The van der Waals surface area contributed by atoms with Crippen molar-refractivity contribution in [3.63, 3.8) is 0 Å². The molecule has 0 radical (unpaired) electrons. The maximum absolute atomic E-state index is 13.4. The first-order valence-electron chi connectivity index (χ1n) is 15.9. The number of benzene rings is 1. The summed E-state index contributed by atoms with van der Waals surface area (Å²) in [7, 11) is 0. The van der Waals surface area contributed by atoms with Crippen LogP contribution in [0.4, 0.5) is 24.8 Å². The van der Waals surface area contributed by atoms with Crippen molar-refractivity contribution in [2.24, 2.45) is 5.41 Å². The van der Waals surface area contributed by atoms with Gasteiger partial charge in [-0.05, 0) is 71.1 Å². The normalized spacial score (nSPS) is 15.0. The van der Waals surface area contributed by atoms with E-state index in [1.165, 1.54) is 22.7 Å². The molecule has 0 spiro atoms. The van der Waals surface area contributed by atoms with Gasteiger partial charge >= 0.3 is 6.18 Å². The van der Waals surface area contributed by atoms with Crippen LogP contribution in [0.25, 0.3) is 17.1 Å². The van der Waals surface area contributed by atoms with Gasteiger partial charge in [-0.25, -0.2) is 19.6 Å². The number of hydrogen-bond acceptors (Lipinski definition) is 9. The molecule has 4 heterocycles. The first kappa shape index (κ1) is 34.5. The average Bonchev–Trinajstić information content (AvgIpc) is 3.50. The Morgan fingerprint density at radius 1 is 0.957 bits per heavy atom. The zero-order valence-electron chi connectivity index (χ0n) is 27.2. The molecule has 9 nitrogen and oxygen atoms in total. The number of aliphatic hydroxyl groups is 1. The average molecular weight is 670 g/mol. The fourth-order valence-electron chi connectivity index (χ4n) is 5.05. The van der Waals surface area contributed by atoms with E-state index >= 15 is 0 Å². The third-order valence-electron chi connectivity index (χ3n) is 8.07. The highest BCUT2D eigenvalue weighted by Crippen LogP contribution is 2.38. The van der Waals surface area contributed by atoms with Crippen LogP contribution in [0.3, 0.4) is 0 Å². The number of aryl methyl sites for hydroxylation is 1. The van der Waals surface area contributed by atoms with Crippen molar-refractivity contribution in [2.45, 2.75) is 83.0 Å². The number of fused-ring (bicyclic) bond motifs is 6. The third kappa shape index (κ3) is 9.16. The number of halogens is 3. The minimum absolute atomic E-state index is 0.0641. The van der Waals surface area contributed by atoms with Crippen LogP contribution in [0.15, 0.2) is 66.0 Å². The number of anilines is 2. The second-order valence-corrected chi connectivity index (χ2v) is 13.9. The Morgan fingerprint density at radius 2 is 1.74 bits per heavy atom. The number of alkyl halides is 3. The lowest BCUT2D eigenvalue weighted by Gasteiger charge is -2.27. The minimum atomic E-state index is -4.41. The first-order valence-corrected chi connectivity index (χ1v) is 16.7. The van der Waals surface area contributed by atoms with E-state index in [1.54, 1.807) is 12.4 Å². The first-order chi connectivity index (χ1) is 22.3. The predicted molar refractivity (Wildman–Crippen MR) is 179 cm³/mol. The van der Waals surface area contributed by atoms with E-state index < -0.39 is 23.8 Å². The summed E-state index contributed by atoms with van der Waals surface area (Å²) in [6.45, 7) is 6.82. The van der Waals surface area contributed by atoms with Crippen molar-refractivity contribution in [3.8, 4) is 23.0 Å². The number of pyridine rings is 1. The zero-order valence-corrected chi connectivity index (χ0v) is 28.0. The Balaban J connectivity index is 1.46. The maximum Gasteiger partial charge on any atom is 0.397 e. The van der Waals surface area contributed by atoms with Gasteiger partial charge < -0.3 is 19.5 Å². The Morgan fingerprint density at radius 3 is 2.53 bits per heavy atom. The summed E-state index contributed by atoms with van der Waals surface area (Å²) in [6.07, 6.45) is 4.36. The zero-order chi connectivity index (χ0) is 33.7. The summed E-state index contributed by atoms with van der Waals surface area (Å²) in [5.41, 5.74) is -0.199. The van der Waals surface area contributed by atoms with Crippen molar-refractivity contribution in [1.29, 1.82) is 0 Å². The van der Waals surface area contributed by atoms with Crippen molar-refractivity contribution in [3.05, 3.63) is 66.5 Å². The van der Waals surface area contributed by atoms with E-state index in [9.17, 15) is 18.3 Å². The molecule has 252 valence electrons. The summed E-state index contributed by atoms with van der Waals surface area (Å²) < 4.78 is 50.4. The van der Waals surface area contributed by atoms with Gasteiger partial charge in [0.1, 0.15) is 23.1 Å². The topological polar surface area (TPSA) is 101 Å². The van der Waals surface area contributed by atoms with Crippen molar-refractivity contribution in [1.82, 2.24) is 24.7 Å². The van der Waals surface area contributed by atoms with E-state index in [0.717, 1.165) is 74.5 Å². The van der Waals surface area contributed by atoms with Gasteiger partial charge in [0.15, 0.2) is 11.6 Å². The van der Waals surface area contributed by atoms with Crippen molar-refractivity contribution >= 4 is 23.6 Å². The molecule has 0 amide bonds. The molecule has 0 unspecified atom stereocenters. The lowest BCUT2D eigenvalue weighted by molar-refractivity contribution is -0.219. The fourth-order valence-corrected chi connectivity index (χ4v) is 5.64. The lowest BCUT2D eigenvalue weighted by Crippen LogP contribution is -2.37. The molecule has 0 saturated carbocycles. The molecule has 1 aliphatic rings. The molecule has 0 fully saturated rings. The largest absolute Gasteiger partial charge is 0.476 e. The molecule has 1 aromatic carbocycles. The van der Waals surface area contributed by atoms with Crippen LogP contribution in [-0.2, 0) is 6.42 Å². The maximum atomic E-state index is 13.4. The van der Waals surface area contributed by atoms with Gasteiger partial charge in [0, 0.05) is 42.9 Å². The van der Waals surface area contributed by atoms with E-state index in [0.29, 0.717) is 30.3 Å². The smallest absolute Gasteiger partial charge is 0.397 e. The lowest BCUT2D eigenvalue weighted by atomic mass is 9.94. The van der Waals surface area contributed by atoms with E-state index in [2.05, 4.69) is 20.8 Å². The van der Waals surface area contributed by atoms with Crippen LogP contribution in [0, 0.1) is 5.41 Å². The second kappa shape index (κ2) is 14.5. The van der Waals surface area contributed by atoms with Crippen LogP contribution in [0.5, 0.6) is 5.88 Å². The SMILES string of the molecule is CC(C)(O)CCN1CCCCCCc2ccccc2-c2nc(cnc2-n2ccc(OCC(C)(C)C(F)(F)F)n2)NSc2cccc1n2. The molecule has 5 rings (SSSR count). The highest BCUT2D eigenvalue weighted by molar-refractivity contribution is 8.00. The quantitative estimate of drug-likeness (QED) is 0.190. The molecule has 0 saturated heterocycles. The number of nitrogens with zero attached hydrogens (tertiary/aromatic N) is 6. The number of nitrogens with one attached hydrogen (secondary N) is 1. The van der Waals surface area contributed by atoms with E-state index in [-0.39, 0.29) is 5.88 Å². The van der Waals surface area contributed by atoms with Gasteiger partial charge in [-0.2, -0.15) is 13.2 Å². The van der Waals surface area contributed by atoms with Crippen LogP contribution < -0.4 is 14.4 Å². The second-order valence-electron chi connectivity index (χ2n) is 13.1. The third-order valence-corrected chi connectivity index (χ3v) is 8.81. The van der Waals surface area contributed by atoms with Crippen LogP contribution >= 0.6 is 11.9 Å². The summed E-state index contributed by atoms with van der Waals surface area (Å²) in [5.74, 6) is 1.86. The monoisotopic (exact) mass is 669 g/mol. The summed E-state index contributed by atoms with van der Waals surface area (Å²) in [6, 6.07) is 15.5. The molecule has 13 heteroatoms. The van der Waals surface area contributed by atoms with Gasteiger partial charge in [0.2, 0.25) is 5.88 Å². The van der Waals surface area contributed by atoms with Crippen LogP contribution in [0.1, 0.15) is 65.4 Å².